The SMILES string of the molecule is O=C1CCC(n2c(Nc3c(F)cc(F)cc3F)nc3cnc(N[C@H]4CC[C@H](O)CC4)nc32)CN1. The van der Waals surface area contributed by atoms with Gasteiger partial charge in [-0.25, -0.2) is 23.1 Å². The van der Waals surface area contributed by atoms with Crippen LogP contribution in [0, 0.1) is 17.5 Å². The number of halogens is 3. The molecule has 180 valence electrons. The second-order valence-corrected chi connectivity index (χ2v) is 8.72. The largest absolute Gasteiger partial charge is 0.393 e. The van der Waals surface area contributed by atoms with Crippen LogP contribution in [-0.4, -0.2) is 49.2 Å². The topological polar surface area (TPSA) is 117 Å². The van der Waals surface area contributed by atoms with Gasteiger partial charge in [0.2, 0.25) is 17.8 Å². The number of nitrogens with zero attached hydrogens (tertiary/aromatic N) is 4. The molecule has 1 aliphatic heterocycles. The summed E-state index contributed by atoms with van der Waals surface area (Å²) in [5.41, 5.74) is 0.289. The van der Waals surface area contributed by atoms with Crippen LogP contribution >= 0.6 is 0 Å². The van der Waals surface area contributed by atoms with E-state index in [2.05, 4.69) is 30.9 Å². The van der Waals surface area contributed by atoms with Crippen LogP contribution in [0.4, 0.5) is 30.8 Å². The van der Waals surface area contributed by atoms with E-state index in [9.17, 15) is 23.1 Å². The minimum absolute atomic E-state index is 0.0812. The lowest BCUT2D eigenvalue weighted by Crippen LogP contribution is -2.36. The third kappa shape index (κ3) is 4.49. The van der Waals surface area contributed by atoms with E-state index < -0.39 is 23.1 Å². The molecule has 1 atom stereocenters. The van der Waals surface area contributed by atoms with Crippen LogP contribution in [0.1, 0.15) is 44.6 Å². The van der Waals surface area contributed by atoms with E-state index in [1.165, 1.54) is 6.20 Å². The van der Waals surface area contributed by atoms with E-state index in [1.54, 1.807) is 4.57 Å². The molecule has 12 heteroatoms. The van der Waals surface area contributed by atoms with Gasteiger partial charge in [0.15, 0.2) is 17.3 Å². The first-order valence-corrected chi connectivity index (χ1v) is 11.2. The van der Waals surface area contributed by atoms with Gasteiger partial charge >= 0.3 is 0 Å². The first-order chi connectivity index (χ1) is 16.4. The predicted molar refractivity (Wildman–Crippen MR) is 118 cm³/mol. The summed E-state index contributed by atoms with van der Waals surface area (Å²) >= 11 is 0. The van der Waals surface area contributed by atoms with E-state index in [4.69, 9.17) is 0 Å². The zero-order valence-electron chi connectivity index (χ0n) is 18.2. The summed E-state index contributed by atoms with van der Waals surface area (Å²) in [6.07, 6.45) is 4.95. The van der Waals surface area contributed by atoms with Crippen LogP contribution in [0.3, 0.4) is 0 Å². The molecule has 3 heterocycles. The van der Waals surface area contributed by atoms with E-state index in [1.807, 2.05) is 0 Å². The van der Waals surface area contributed by atoms with Crippen LogP contribution in [0.2, 0.25) is 0 Å². The molecule has 1 saturated heterocycles. The molecular weight excluding hydrogens is 451 g/mol. The molecule has 1 aromatic carbocycles. The maximum absolute atomic E-state index is 14.3. The maximum Gasteiger partial charge on any atom is 0.224 e. The number of carbonyl (C=O) groups excluding carboxylic acids is 1. The van der Waals surface area contributed by atoms with Crippen molar-refractivity contribution < 1.29 is 23.1 Å². The molecule has 0 bridgehead atoms. The molecule has 2 aromatic heterocycles. The van der Waals surface area contributed by atoms with Crippen molar-refractivity contribution in [3.05, 3.63) is 35.8 Å². The normalized spacial score (nSPS) is 23.1. The Kier molecular flexibility index (Phi) is 5.98. The Morgan fingerprint density at radius 1 is 1.06 bits per heavy atom. The Hall–Kier alpha value is -3.41. The molecule has 2 fully saturated rings. The number of carbonyl (C=O) groups is 1. The average molecular weight is 475 g/mol. The summed E-state index contributed by atoms with van der Waals surface area (Å²) in [4.78, 5) is 25.1. The molecule has 1 amide bonds. The minimum Gasteiger partial charge on any atom is -0.393 e. The molecule has 0 radical (unpaired) electrons. The van der Waals surface area contributed by atoms with E-state index >= 15 is 0 Å². The van der Waals surface area contributed by atoms with Crippen LogP contribution in [0.25, 0.3) is 11.2 Å². The molecule has 9 nitrogen and oxygen atoms in total. The Labute approximate surface area is 192 Å². The van der Waals surface area contributed by atoms with Crippen LogP contribution < -0.4 is 16.0 Å². The number of aromatic nitrogens is 4. The van der Waals surface area contributed by atoms with Crippen molar-refractivity contribution in [1.82, 2.24) is 24.8 Å². The quantitative estimate of drug-likeness (QED) is 0.448. The zero-order valence-corrected chi connectivity index (χ0v) is 18.2. The Bertz CT molecular complexity index is 1190. The van der Waals surface area contributed by atoms with Gasteiger partial charge in [-0.05, 0) is 32.1 Å². The van der Waals surface area contributed by atoms with E-state index in [0.717, 1.165) is 12.8 Å². The molecule has 0 spiro atoms. The average Bonchev–Trinajstić information content (AvgIpc) is 3.16. The van der Waals surface area contributed by atoms with Gasteiger partial charge < -0.3 is 21.1 Å². The molecule has 1 aliphatic carbocycles. The first-order valence-electron chi connectivity index (χ1n) is 11.2. The highest BCUT2D eigenvalue weighted by molar-refractivity contribution is 5.78. The third-order valence-corrected chi connectivity index (χ3v) is 6.31. The summed E-state index contributed by atoms with van der Waals surface area (Å²) in [5.74, 6) is -2.82. The predicted octanol–water partition coefficient (Wildman–Crippen LogP) is 3.15. The Morgan fingerprint density at radius 3 is 2.47 bits per heavy atom. The lowest BCUT2D eigenvalue weighted by molar-refractivity contribution is -0.122. The number of rotatable bonds is 5. The zero-order chi connectivity index (χ0) is 23.8. The van der Waals surface area contributed by atoms with E-state index in [0.29, 0.717) is 55.1 Å². The van der Waals surface area contributed by atoms with Gasteiger partial charge in [0, 0.05) is 31.1 Å². The lowest BCUT2D eigenvalue weighted by Gasteiger charge is -2.27. The fourth-order valence-corrected chi connectivity index (χ4v) is 4.51. The number of amides is 1. The van der Waals surface area contributed by atoms with Crippen molar-refractivity contribution in [3.8, 4) is 0 Å². The van der Waals surface area contributed by atoms with Gasteiger partial charge in [0.25, 0.3) is 0 Å². The minimum atomic E-state index is -1.10. The Balaban J connectivity index is 1.52. The van der Waals surface area contributed by atoms with Gasteiger partial charge in [0.1, 0.15) is 17.0 Å². The number of nitrogens with one attached hydrogen (secondary N) is 3. The second-order valence-electron chi connectivity index (χ2n) is 8.72. The molecule has 1 saturated carbocycles. The fourth-order valence-electron chi connectivity index (χ4n) is 4.51. The molecule has 34 heavy (non-hydrogen) atoms. The summed E-state index contributed by atoms with van der Waals surface area (Å²) < 4.78 is 43.7. The van der Waals surface area contributed by atoms with Gasteiger partial charge in [0.05, 0.1) is 18.3 Å². The maximum atomic E-state index is 14.3. The van der Waals surface area contributed by atoms with Gasteiger partial charge in [-0.15, -0.1) is 0 Å². The molecule has 2 aliphatic rings. The second kappa shape index (κ2) is 9.09. The smallest absolute Gasteiger partial charge is 0.224 e. The Morgan fingerprint density at radius 2 is 1.79 bits per heavy atom. The van der Waals surface area contributed by atoms with Crippen molar-refractivity contribution >= 4 is 34.7 Å². The highest BCUT2D eigenvalue weighted by Crippen LogP contribution is 2.32. The number of aliphatic hydroxyl groups is 1. The van der Waals surface area contributed by atoms with Crippen molar-refractivity contribution in [3.63, 3.8) is 0 Å². The third-order valence-electron chi connectivity index (χ3n) is 6.31. The molecule has 3 aromatic rings. The summed E-state index contributed by atoms with van der Waals surface area (Å²) in [6.45, 7) is 0.292. The summed E-state index contributed by atoms with van der Waals surface area (Å²) in [6, 6.07) is 1.01. The summed E-state index contributed by atoms with van der Waals surface area (Å²) in [5, 5.41) is 18.5. The fraction of sp³-hybridized carbons (Fsp3) is 0.455. The van der Waals surface area contributed by atoms with Crippen molar-refractivity contribution in [2.75, 3.05) is 17.2 Å². The monoisotopic (exact) mass is 475 g/mol. The van der Waals surface area contributed by atoms with Crippen LogP contribution in [-0.2, 0) is 4.79 Å². The number of benzene rings is 1. The first kappa shape index (κ1) is 22.4. The van der Waals surface area contributed by atoms with Gasteiger partial charge in [-0.3, -0.25) is 9.36 Å². The lowest BCUT2D eigenvalue weighted by atomic mass is 9.93. The molecular formula is C22H24F3N7O2. The standard InChI is InChI=1S/C22H24F3N7O2/c23-11-7-15(24)19(16(25)8-11)30-22-29-17-10-27-21(28-12-1-4-14(33)5-2-12)31-20(17)32(22)13-3-6-18(34)26-9-13/h7-8,10,12-14,33H,1-6,9H2,(H,26,34)(H,29,30)(H,27,28,31)/t12-,13?,14-. The van der Waals surface area contributed by atoms with Crippen molar-refractivity contribution in [1.29, 1.82) is 0 Å². The van der Waals surface area contributed by atoms with Crippen LogP contribution in [0.15, 0.2) is 18.3 Å². The van der Waals surface area contributed by atoms with Crippen molar-refractivity contribution in [2.45, 2.75) is 56.7 Å². The van der Waals surface area contributed by atoms with Crippen LogP contribution in [0.5, 0.6) is 0 Å². The number of fused-ring (bicyclic) bond motifs is 1. The number of hydrogen-bond donors (Lipinski definition) is 4. The van der Waals surface area contributed by atoms with Crippen molar-refractivity contribution in [2.24, 2.45) is 0 Å². The highest BCUT2D eigenvalue weighted by atomic mass is 19.1. The molecule has 5 rings (SSSR count). The number of hydrogen-bond acceptors (Lipinski definition) is 7. The van der Waals surface area contributed by atoms with Gasteiger partial charge in [-0.2, -0.15) is 4.98 Å². The molecule has 1 unspecified atom stereocenters. The highest BCUT2D eigenvalue weighted by Gasteiger charge is 2.27. The number of anilines is 3. The summed E-state index contributed by atoms with van der Waals surface area (Å²) in [7, 11) is 0. The molecule has 4 N–H and O–H groups in total. The number of piperidine rings is 1. The number of aliphatic hydroxyl groups excluding tert-OH is 1. The van der Waals surface area contributed by atoms with Gasteiger partial charge in [-0.1, -0.05) is 0 Å². The van der Waals surface area contributed by atoms with E-state index in [-0.39, 0.29) is 36.5 Å². The number of imidazole rings is 1.